The lowest BCUT2D eigenvalue weighted by Crippen LogP contribution is -2.54. The maximum Gasteiger partial charge on any atom is 0.256 e. The van der Waals surface area contributed by atoms with Crippen LogP contribution in [0, 0.1) is 5.92 Å². The van der Waals surface area contributed by atoms with Crippen LogP contribution in [0.5, 0.6) is 0 Å². The zero-order chi connectivity index (χ0) is 16.9. The van der Waals surface area contributed by atoms with Gasteiger partial charge in [-0.1, -0.05) is 18.5 Å². The molecule has 1 saturated heterocycles. The van der Waals surface area contributed by atoms with Crippen molar-refractivity contribution in [2.75, 3.05) is 26.7 Å². The molecule has 1 aliphatic rings. The van der Waals surface area contributed by atoms with Crippen LogP contribution in [0.25, 0.3) is 0 Å². The van der Waals surface area contributed by atoms with Gasteiger partial charge >= 0.3 is 0 Å². The monoisotopic (exact) mass is 323 g/mol. The van der Waals surface area contributed by atoms with E-state index < -0.39 is 0 Å². The molecule has 6 heteroatoms. The first-order valence-electron chi connectivity index (χ1n) is 8.43. The van der Waals surface area contributed by atoms with Crippen LogP contribution in [-0.4, -0.2) is 48.2 Å². The van der Waals surface area contributed by atoms with Gasteiger partial charge < -0.3 is 14.6 Å². The molecule has 0 saturated carbocycles. The number of methoxy groups -OCH3 is 1. The van der Waals surface area contributed by atoms with Crippen molar-refractivity contribution in [1.29, 1.82) is 0 Å². The van der Waals surface area contributed by atoms with Gasteiger partial charge in [0.05, 0.1) is 6.61 Å². The summed E-state index contributed by atoms with van der Waals surface area (Å²) in [5, 5.41) is 6.83. The molecule has 1 N–H and O–H groups in total. The minimum atomic E-state index is -0.157. The second-order valence-corrected chi connectivity index (χ2v) is 6.97. The van der Waals surface area contributed by atoms with Gasteiger partial charge in [0, 0.05) is 25.7 Å². The molecule has 1 unspecified atom stereocenters. The predicted molar refractivity (Wildman–Crippen MR) is 88.2 cm³/mol. The third kappa shape index (κ3) is 4.54. The standard InChI is InChI=1S/C17H29N3O3/c1-5-13-7-6-8-20(9-13)17(2,3)12-18-16(21)14-10-23-19-15(14)11-22-4/h10,13H,5-9,11-12H2,1-4H3,(H,18,21). The molecule has 1 fully saturated rings. The van der Waals surface area contributed by atoms with E-state index in [-0.39, 0.29) is 18.1 Å². The minimum Gasteiger partial charge on any atom is -0.378 e. The Balaban J connectivity index is 1.92. The smallest absolute Gasteiger partial charge is 0.256 e. The van der Waals surface area contributed by atoms with Crippen molar-refractivity contribution in [3.8, 4) is 0 Å². The van der Waals surface area contributed by atoms with Crippen LogP contribution in [0.4, 0.5) is 0 Å². The minimum absolute atomic E-state index is 0.0674. The van der Waals surface area contributed by atoms with Crippen molar-refractivity contribution < 1.29 is 14.1 Å². The van der Waals surface area contributed by atoms with Gasteiger partial charge in [-0.25, -0.2) is 0 Å². The summed E-state index contributed by atoms with van der Waals surface area (Å²) in [6.07, 6.45) is 5.15. The molecule has 0 spiro atoms. The van der Waals surface area contributed by atoms with Crippen molar-refractivity contribution >= 4 is 5.91 Å². The zero-order valence-corrected chi connectivity index (χ0v) is 14.7. The molecule has 1 aromatic heterocycles. The van der Waals surface area contributed by atoms with E-state index in [1.165, 1.54) is 25.5 Å². The summed E-state index contributed by atoms with van der Waals surface area (Å²) in [5.41, 5.74) is 0.918. The van der Waals surface area contributed by atoms with E-state index in [2.05, 4.69) is 36.1 Å². The number of nitrogens with one attached hydrogen (secondary N) is 1. The van der Waals surface area contributed by atoms with Crippen molar-refractivity contribution in [1.82, 2.24) is 15.4 Å². The number of carbonyl (C=O) groups is 1. The van der Waals surface area contributed by atoms with E-state index in [0.717, 1.165) is 19.0 Å². The first-order chi connectivity index (χ1) is 11.0. The lowest BCUT2D eigenvalue weighted by molar-refractivity contribution is 0.0611. The lowest BCUT2D eigenvalue weighted by Gasteiger charge is -2.43. The molecule has 130 valence electrons. The molecule has 0 radical (unpaired) electrons. The van der Waals surface area contributed by atoms with Crippen molar-refractivity contribution in [2.24, 2.45) is 5.92 Å². The van der Waals surface area contributed by atoms with Gasteiger partial charge in [-0.3, -0.25) is 9.69 Å². The predicted octanol–water partition coefficient (Wildman–Crippen LogP) is 2.45. The van der Waals surface area contributed by atoms with Crippen molar-refractivity contribution in [2.45, 2.75) is 52.2 Å². The van der Waals surface area contributed by atoms with E-state index in [9.17, 15) is 4.79 Å². The second kappa shape index (κ2) is 7.93. The maximum atomic E-state index is 12.4. The molecule has 1 aliphatic heterocycles. The summed E-state index contributed by atoms with van der Waals surface area (Å²) in [4.78, 5) is 14.9. The molecule has 6 nitrogen and oxygen atoms in total. The number of hydrogen-bond donors (Lipinski definition) is 1. The summed E-state index contributed by atoms with van der Waals surface area (Å²) in [6.45, 7) is 9.71. The summed E-state index contributed by atoms with van der Waals surface area (Å²) in [6, 6.07) is 0. The van der Waals surface area contributed by atoms with Crippen LogP contribution < -0.4 is 5.32 Å². The molecule has 2 heterocycles. The highest BCUT2D eigenvalue weighted by atomic mass is 16.5. The van der Waals surface area contributed by atoms with Gasteiger partial charge in [-0.05, 0) is 39.2 Å². The molecule has 1 amide bonds. The number of hydrogen-bond acceptors (Lipinski definition) is 5. The fraction of sp³-hybridized carbons (Fsp3) is 0.765. The summed E-state index contributed by atoms with van der Waals surface area (Å²) in [7, 11) is 1.57. The Labute approximate surface area is 138 Å². The molecule has 0 aliphatic carbocycles. The van der Waals surface area contributed by atoms with Gasteiger partial charge in [0.2, 0.25) is 0 Å². The molecule has 23 heavy (non-hydrogen) atoms. The van der Waals surface area contributed by atoms with Crippen LogP contribution in [0.2, 0.25) is 0 Å². The SMILES string of the molecule is CCC1CCCN(C(C)(C)CNC(=O)c2conc2COC)C1. The van der Waals surface area contributed by atoms with E-state index in [0.29, 0.717) is 17.8 Å². The summed E-state index contributed by atoms with van der Waals surface area (Å²) < 4.78 is 9.93. The molecule has 0 aromatic carbocycles. The average Bonchev–Trinajstić information content (AvgIpc) is 3.01. The van der Waals surface area contributed by atoms with Gasteiger partial charge in [0.15, 0.2) is 0 Å². The van der Waals surface area contributed by atoms with Gasteiger partial charge in [-0.15, -0.1) is 0 Å². The number of ether oxygens (including phenoxy) is 1. The van der Waals surface area contributed by atoms with Crippen molar-refractivity contribution in [3.05, 3.63) is 17.5 Å². The number of nitrogens with zero attached hydrogens (tertiary/aromatic N) is 2. The number of carbonyl (C=O) groups excluding carboxylic acids is 1. The normalized spacial score (nSPS) is 19.7. The Morgan fingerprint density at radius 1 is 1.57 bits per heavy atom. The van der Waals surface area contributed by atoms with Crippen LogP contribution in [-0.2, 0) is 11.3 Å². The first-order valence-corrected chi connectivity index (χ1v) is 8.43. The topological polar surface area (TPSA) is 67.6 Å². The van der Waals surface area contributed by atoms with Crippen molar-refractivity contribution in [3.63, 3.8) is 0 Å². The third-order valence-electron chi connectivity index (χ3n) is 4.80. The number of piperidine rings is 1. The van der Waals surface area contributed by atoms with E-state index >= 15 is 0 Å². The van der Waals surface area contributed by atoms with Crippen LogP contribution >= 0.6 is 0 Å². The lowest BCUT2D eigenvalue weighted by atomic mass is 9.91. The van der Waals surface area contributed by atoms with Gasteiger partial charge in [0.1, 0.15) is 17.5 Å². The van der Waals surface area contributed by atoms with E-state index in [1.54, 1.807) is 7.11 Å². The quantitative estimate of drug-likeness (QED) is 0.835. The Hall–Kier alpha value is -1.40. The molecule has 1 aromatic rings. The second-order valence-electron chi connectivity index (χ2n) is 6.97. The first kappa shape index (κ1) is 17.9. The van der Waals surface area contributed by atoms with E-state index in [4.69, 9.17) is 9.26 Å². The summed E-state index contributed by atoms with van der Waals surface area (Å²) in [5.74, 6) is 0.612. The number of rotatable bonds is 7. The van der Waals surface area contributed by atoms with E-state index in [1.807, 2.05) is 0 Å². The number of likely N-dealkylation sites (tertiary alicyclic amines) is 1. The Morgan fingerprint density at radius 3 is 3.04 bits per heavy atom. The fourth-order valence-corrected chi connectivity index (χ4v) is 3.14. The summed E-state index contributed by atoms with van der Waals surface area (Å²) >= 11 is 0. The molecule has 1 atom stereocenters. The highest BCUT2D eigenvalue weighted by Crippen LogP contribution is 2.25. The average molecular weight is 323 g/mol. The molecular formula is C17H29N3O3. The Bertz CT molecular complexity index is 513. The highest BCUT2D eigenvalue weighted by molar-refractivity contribution is 5.94. The maximum absolute atomic E-state index is 12.4. The molecular weight excluding hydrogens is 294 g/mol. The zero-order valence-electron chi connectivity index (χ0n) is 14.7. The molecule has 2 rings (SSSR count). The van der Waals surface area contributed by atoms with Gasteiger partial charge in [-0.2, -0.15) is 0 Å². The Morgan fingerprint density at radius 2 is 2.35 bits per heavy atom. The van der Waals surface area contributed by atoms with Gasteiger partial charge in [0.25, 0.3) is 5.91 Å². The van der Waals surface area contributed by atoms with Crippen LogP contribution in [0.1, 0.15) is 56.1 Å². The van der Waals surface area contributed by atoms with Crippen LogP contribution in [0.15, 0.2) is 10.8 Å². The number of aromatic nitrogens is 1. The Kier molecular flexibility index (Phi) is 6.18. The number of amides is 1. The highest BCUT2D eigenvalue weighted by Gasteiger charge is 2.31. The molecule has 0 bridgehead atoms. The van der Waals surface area contributed by atoms with Crippen LogP contribution in [0.3, 0.4) is 0 Å². The third-order valence-corrected chi connectivity index (χ3v) is 4.80. The fourth-order valence-electron chi connectivity index (χ4n) is 3.14. The largest absolute Gasteiger partial charge is 0.378 e.